The molecule has 1 N–H and O–H groups in total. The molecule has 30 heavy (non-hydrogen) atoms. The van der Waals surface area contributed by atoms with Crippen LogP contribution < -0.4 is 5.32 Å². The fourth-order valence-electron chi connectivity index (χ4n) is 3.53. The van der Waals surface area contributed by atoms with E-state index in [1.807, 2.05) is 49.3 Å². The Labute approximate surface area is 184 Å². The first kappa shape index (κ1) is 20.6. The first-order chi connectivity index (χ1) is 14.5. The van der Waals surface area contributed by atoms with E-state index in [4.69, 9.17) is 16.7 Å². The molecule has 0 bridgehead atoms. The van der Waals surface area contributed by atoms with Crippen molar-refractivity contribution in [2.45, 2.75) is 24.8 Å². The van der Waals surface area contributed by atoms with Crippen LogP contribution in [0.4, 0.5) is 4.39 Å². The summed E-state index contributed by atoms with van der Waals surface area (Å²) in [5, 5.41) is 8.15. The number of nitrogens with zero attached hydrogens (tertiary/aromatic N) is 3. The summed E-state index contributed by atoms with van der Waals surface area (Å²) in [6.07, 6.45) is 2.03. The van der Waals surface area contributed by atoms with Crippen LogP contribution in [0.5, 0.6) is 0 Å². The molecule has 0 amide bonds. The van der Waals surface area contributed by atoms with Gasteiger partial charge in [-0.25, -0.2) is 4.39 Å². The maximum atomic E-state index is 13.5. The van der Waals surface area contributed by atoms with Gasteiger partial charge in [-0.2, -0.15) is 4.98 Å². The van der Waals surface area contributed by atoms with Gasteiger partial charge in [-0.3, -0.25) is 0 Å². The number of allylic oxidation sites excluding steroid dienone is 1. The maximum Gasteiger partial charge on any atom is 0.258 e. The fraction of sp³-hybridized carbons (Fsp3) is 0.227. The van der Waals surface area contributed by atoms with Crippen LogP contribution in [-0.4, -0.2) is 33.0 Å². The second-order valence-electron chi connectivity index (χ2n) is 6.83. The van der Waals surface area contributed by atoms with Gasteiger partial charge in [0.15, 0.2) is 5.11 Å². The normalized spacial score (nSPS) is 16.7. The summed E-state index contributed by atoms with van der Waals surface area (Å²) < 4.78 is 19.2. The molecule has 2 aromatic carbocycles. The highest BCUT2D eigenvalue weighted by atomic mass is 32.2. The van der Waals surface area contributed by atoms with Crippen LogP contribution in [0.15, 0.2) is 63.6 Å². The van der Waals surface area contributed by atoms with Gasteiger partial charge in [0.2, 0.25) is 5.82 Å². The lowest BCUT2D eigenvalue weighted by atomic mass is 9.95. The topological polar surface area (TPSA) is 54.2 Å². The average molecular weight is 441 g/mol. The molecule has 0 fully saturated rings. The number of benzene rings is 2. The Hall–Kier alpha value is -2.71. The van der Waals surface area contributed by atoms with E-state index < -0.39 is 0 Å². The molecule has 1 aliphatic rings. The maximum absolute atomic E-state index is 13.5. The predicted molar refractivity (Wildman–Crippen MR) is 121 cm³/mol. The zero-order chi connectivity index (χ0) is 21.3. The van der Waals surface area contributed by atoms with Crippen molar-refractivity contribution in [1.82, 2.24) is 20.4 Å². The van der Waals surface area contributed by atoms with Crippen molar-refractivity contribution >= 4 is 34.7 Å². The highest BCUT2D eigenvalue weighted by Gasteiger charge is 2.33. The SMILES string of the molecule is CCN1C(=S)NC(c2ccc(F)cc2)C(c2nc(-c3ccc(SC)cc3)no2)=C1C. The van der Waals surface area contributed by atoms with Gasteiger partial charge < -0.3 is 14.7 Å². The number of rotatable bonds is 5. The van der Waals surface area contributed by atoms with Crippen molar-refractivity contribution in [3.8, 4) is 11.4 Å². The number of thioether (sulfide) groups is 1. The lowest BCUT2D eigenvalue weighted by Gasteiger charge is -2.36. The molecule has 0 radical (unpaired) electrons. The van der Waals surface area contributed by atoms with Crippen molar-refractivity contribution in [2.24, 2.45) is 0 Å². The van der Waals surface area contributed by atoms with Crippen LogP contribution >= 0.6 is 24.0 Å². The third-order valence-electron chi connectivity index (χ3n) is 5.12. The molecule has 4 rings (SSSR count). The van der Waals surface area contributed by atoms with E-state index in [2.05, 4.69) is 15.5 Å². The standard InChI is InChI=1S/C22H21FN4OS2/c1-4-27-13(2)18(19(24-22(27)29)14-5-9-16(23)10-6-14)21-25-20(26-28-21)15-7-11-17(30-3)12-8-15/h5-12,19H,4H2,1-3H3,(H,24,29). The Kier molecular flexibility index (Phi) is 5.87. The van der Waals surface area contributed by atoms with Gasteiger partial charge in [0, 0.05) is 22.7 Å². The summed E-state index contributed by atoms with van der Waals surface area (Å²) in [7, 11) is 0. The van der Waals surface area contributed by atoms with Gasteiger partial charge in [0.1, 0.15) is 5.82 Å². The zero-order valence-corrected chi connectivity index (χ0v) is 18.5. The molecule has 0 saturated heterocycles. The average Bonchev–Trinajstić information content (AvgIpc) is 3.24. The highest BCUT2D eigenvalue weighted by Crippen LogP contribution is 2.37. The van der Waals surface area contributed by atoms with Crippen LogP contribution in [0.3, 0.4) is 0 Å². The van der Waals surface area contributed by atoms with E-state index in [-0.39, 0.29) is 11.9 Å². The minimum atomic E-state index is -0.312. The molecule has 3 aromatic rings. The van der Waals surface area contributed by atoms with Crippen molar-refractivity contribution in [2.75, 3.05) is 12.8 Å². The van der Waals surface area contributed by atoms with Gasteiger partial charge in [0.05, 0.1) is 11.6 Å². The van der Waals surface area contributed by atoms with E-state index in [0.717, 1.165) is 22.4 Å². The second kappa shape index (κ2) is 8.57. The van der Waals surface area contributed by atoms with Crippen molar-refractivity contribution in [3.63, 3.8) is 0 Å². The molecular formula is C22H21FN4OS2. The van der Waals surface area contributed by atoms with E-state index in [9.17, 15) is 4.39 Å². The molecule has 0 aliphatic carbocycles. The van der Waals surface area contributed by atoms with E-state index >= 15 is 0 Å². The summed E-state index contributed by atoms with van der Waals surface area (Å²) >= 11 is 7.23. The summed E-state index contributed by atoms with van der Waals surface area (Å²) in [5.74, 6) is 0.648. The first-order valence-corrected chi connectivity index (χ1v) is 11.2. The van der Waals surface area contributed by atoms with Gasteiger partial charge >= 0.3 is 0 Å². The molecule has 1 unspecified atom stereocenters. The van der Waals surface area contributed by atoms with Crippen molar-refractivity contribution in [3.05, 3.63) is 71.5 Å². The smallest absolute Gasteiger partial charge is 0.258 e. The Morgan fingerprint density at radius 2 is 1.87 bits per heavy atom. The Morgan fingerprint density at radius 1 is 1.17 bits per heavy atom. The molecular weight excluding hydrogens is 419 g/mol. The minimum Gasteiger partial charge on any atom is -0.351 e. The van der Waals surface area contributed by atoms with Gasteiger partial charge in [0.25, 0.3) is 5.89 Å². The van der Waals surface area contributed by atoms with Crippen molar-refractivity contribution in [1.29, 1.82) is 0 Å². The molecule has 1 aliphatic heterocycles. The van der Waals surface area contributed by atoms with E-state index in [1.165, 1.54) is 17.0 Å². The van der Waals surface area contributed by atoms with Crippen LogP contribution in [0.25, 0.3) is 17.0 Å². The van der Waals surface area contributed by atoms with Crippen LogP contribution in [-0.2, 0) is 0 Å². The first-order valence-electron chi connectivity index (χ1n) is 9.54. The van der Waals surface area contributed by atoms with Crippen LogP contribution in [0, 0.1) is 5.82 Å². The molecule has 0 saturated carbocycles. The van der Waals surface area contributed by atoms with E-state index in [0.29, 0.717) is 23.4 Å². The Morgan fingerprint density at radius 3 is 2.50 bits per heavy atom. The van der Waals surface area contributed by atoms with Gasteiger partial charge in [-0.15, -0.1) is 11.8 Å². The van der Waals surface area contributed by atoms with E-state index in [1.54, 1.807) is 23.9 Å². The number of nitrogens with one attached hydrogen (secondary N) is 1. The lowest BCUT2D eigenvalue weighted by Crippen LogP contribution is -2.45. The quantitative estimate of drug-likeness (QED) is 0.428. The highest BCUT2D eigenvalue weighted by molar-refractivity contribution is 7.98. The van der Waals surface area contributed by atoms with Crippen molar-refractivity contribution < 1.29 is 8.91 Å². The molecule has 1 atom stereocenters. The monoisotopic (exact) mass is 440 g/mol. The predicted octanol–water partition coefficient (Wildman–Crippen LogP) is 5.28. The summed E-state index contributed by atoms with van der Waals surface area (Å²) in [6, 6.07) is 14.1. The number of hydrogen-bond acceptors (Lipinski definition) is 5. The molecule has 1 aromatic heterocycles. The number of thiocarbonyl (C=S) groups is 1. The third kappa shape index (κ3) is 3.85. The van der Waals surface area contributed by atoms with Gasteiger partial charge in [-0.1, -0.05) is 17.3 Å². The Bertz CT molecular complexity index is 1090. The summed E-state index contributed by atoms with van der Waals surface area (Å²) in [6.45, 7) is 4.72. The third-order valence-corrected chi connectivity index (χ3v) is 6.20. The summed E-state index contributed by atoms with van der Waals surface area (Å²) in [5.41, 5.74) is 3.51. The molecule has 5 nitrogen and oxygen atoms in total. The van der Waals surface area contributed by atoms with Crippen LogP contribution in [0.1, 0.15) is 31.3 Å². The molecule has 154 valence electrons. The number of hydrogen-bond donors (Lipinski definition) is 1. The number of aromatic nitrogens is 2. The molecule has 8 heteroatoms. The molecule has 0 spiro atoms. The Balaban J connectivity index is 1.78. The van der Waals surface area contributed by atoms with Crippen LogP contribution in [0.2, 0.25) is 0 Å². The zero-order valence-electron chi connectivity index (χ0n) is 16.8. The number of halogens is 1. The molecule has 2 heterocycles. The van der Waals surface area contributed by atoms with Gasteiger partial charge in [-0.05, 0) is 74.3 Å². The minimum absolute atomic E-state index is 0.289. The second-order valence-corrected chi connectivity index (χ2v) is 8.10. The largest absolute Gasteiger partial charge is 0.351 e. The summed E-state index contributed by atoms with van der Waals surface area (Å²) in [4.78, 5) is 7.83. The lowest BCUT2D eigenvalue weighted by molar-refractivity contribution is 0.398. The fourth-order valence-corrected chi connectivity index (χ4v) is 4.33.